The average Bonchev–Trinajstić information content (AvgIpc) is 2.78. The third-order valence-electron chi connectivity index (χ3n) is 5.98. The van der Waals surface area contributed by atoms with Gasteiger partial charge in [0.1, 0.15) is 0 Å². The molecule has 2 N–H and O–H groups in total. The van der Waals surface area contributed by atoms with Crippen LogP contribution in [-0.4, -0.2) is 47.7 Å². The van der Waals surface area contributed by atoms with Crippen molar-refractivity contribution >= 4 is 17.5 Å². The van der Waals surface area contributed by atoms with Gasteiger partial charge in [-0.25, -0.2) is 4.98 Å². The molecular formula is C22H28N6O. The molecule has 2 aliphatic rings. The summed E-state index contributed by atoms with van der Waals surface area (Å²) in [5, 5.41) is 15.8. The predicted molar refractivity (Wildman–Crippen MR) is 113 cm³/mol. The summed E-state index contributed by atoms with van der Waals surface area (Å²) in [6, 6.07) is 10.1. The molecule has 7 nitrogen and oxygen atoms in total. The normalized spacial score (nSPS) is 21.7. The summed E-state index contributed by atoms with van der Waals surface area (Å²) in [6.45, 7) is 3.37. The molecule has 4 rings (SSSR count). The summed E-state index contributed by atoms with van der Waals surface area (Å²) in [4.78, 5) is 11.6. The largest absolute Gasteiger partial charge is 0.491 e. The molecule has 2 aromatic rings. The third kappa shape index (κ3) is 4.60. The number of hydrogen-bond acceptors (Lipinski definition) is 7. The summed E-state index contributed by atoms with van der Waals surface area (Å²) in [6.07, 6.45) is 8.18. The van der Waals surface area contributed by atoms with Crippen LogP contribution < -0.4 is 15.4 Å². The van der Waals surface area contributed by atoms with Crippen LogP contribution in [0.1, 0.15) is 37.7 Å². The number of fused-ring (bicyclic) bond motifs is 1. The number of nitrogens with one attached hydrogen (secondary N) is 2. The number of nitriles is 1. The number of aromatic nitrogens is 2. The number of anilines is 3. The second-order valence-corrected chi connectivity index (χ2v) is 7.81. The van der Waals surface area contributed by atoms with Crippen LogP contribution in [0.5, 0.6) is 5.75 Å². The summed E-state index contributed by atoms with van der Waals surface area (Å²) in [5.41, 5.74) is 1.38. The Morgan fingerprint density at radius 3 is 3.00 bits per heavy atom. The Bertz CT molecular complexity index is 878. The maximum Gasteiger partial charge on any atom is 0.229 e. The first-order chi connectivity index (χ1) is 14.3. The Labute approximate surface area is 172 Å². The molecule has 2 saturated heterocycles. The van der Waals surface area contributed by atoms with E-state index in [0.29, 0.717) is 35.0 Å². The van der Waals surface area contributed by atoms with Crippen LogP contribution in [0.3, 0.4) is 0 Å². The van der Waals surface area contributed by atoms with E-state index >= 15 is 0 Å². The van der Waals surface area contributed by atoms with Crippen molar-refractivity contribution < 1.29 is 4.74 Å². The highest BCUT2D eigenvalue weighted by molar-refractivity contribution is 5.59. The van der Waals surface area contributed by atoms with Crippen molar-refractivity contribution in [3.05, 3.63) is 36.0 Å². The van der Waals surface area contributed by atoms with Gasteiger partial charge in [0.05, 0.1) is 24.9 Å². The number of nitrogens with zero attached hydrogens (tertiary/aromatic N) is 4. The molecule has 152 valence electrons. The molecule has 0 spiro atoms. The molecular weight excluding hydrogens is 364 g/mol. The first-order valence-electron chi connectivity index (χ1n) is 10.4. The highest BCUT2D eigenvalue weighted by atomic mass is 16.5. The monoisotopic (exact) mass is 392 g/mol. The Kier molecular flexibility index (Phi) is 6.11. The van der Waals surface area contributed by atoms with Gasteiger partial charge >= 0.3 is 0 Å². The van der Waals surface area contributed by atoms with Crippen molar-refractivity contribution in [2.24, 2.45) is 5.92 Å². The Balaban J connectivity index is 1.46. The number of methoxy groups -OCH3 is 1. The van der Waals surface area contributed by atoms with Gasteiger partial charge in [0, 0.05) is 18.3 Å². The zero-order valence-corrected chi connectivity index (χ0v) is 16.9. The van der Waals surface area contributed by atoms with E-state index in [-0.39, 0.29) is 0 Å². The number of hydrogen-bond donors (Lipinski definition) is 2. The number of ether oxygens (including phenoxy) is 1. The molecule has 2 fully saturated rings. The summed E-state index contributed by atoms with van der Waals surface area (Å²) in [5.74, 6) is 2.45. The van der Waals surface area contributed by atoms with Gasteiger partial charge < -0.3 is 20.3 Å². The standard InChI is InChI=1S/C22H28N6O/c1-29-20-15-25-22(26-18-8-4-6-16(12-18)13-23)27-21(20)24-14-17-7-5-11-28-10-3-2-9-19(17)28/h4,6,8,12,15,17,19H,2-3,5,7,9-11,14H2,1H3,(H2,24,25,26,27)/t17-,19?/m0/s1. The molecule has 7 heteroatoms. The van der Waals surface area contributed by atoms with Gasteiger partial charge in [-0.05, 0) is 62.9 Å². The van der Waals surface area contributed by atoms with Crippen LogP contribution in [0.25, 0.3) is 0 Å². The highest BCUT2D eigenvalue weighted by Gasteiger charge is 2.32. The van der Waals surface area contributed by atoms with Crippen molar-refractivity contribution in [1.82, 2.24) is 14.9 Å². The minimum atomic E-state index is 0.478. The van der Waals surface area contributed by atoms with Crippen molar-refractivity contribution in [2.45, 2.75) is 38.1 Å². The molecule has 1 unspecified atom stereocenters. The lowest BCUT2D eigenvalue weighted by Crippen LogP contribution is -2.49. The molecule has 1 aromatic carbocycles. The maximum atomic E-state index is 9.08. The molecule has 3 heterocycles. The van der Waals surface area contributed by atoms with E-state index in [1.165, 1.54) is 45.2 Å². The Morgan fingerprint density at radius 2 is 2.14 bits per heavy atom. The van der Waals surface area contributed by atoms with Crippen LogP contribution >= 0.6 is 0 Å². The molecule has 0 aliphatic carbocycles. The van der Waals surface area contributed by atoms with Crippen molar-refractivity contribution in [2.75, 3.05) is 37.4 Å². The van der Waals surface area contributed by atoms with Crippen molar-refractivity contribution in [1.29, 1.82) is 5.26 Å². The van der Waals surface area contributed by atoms with E-state index in [1.54, 1.807) is 25.4 Å². The zero-order chi connectivity index (χ0) is 20.1. The van der Waals surface area contributed by atoms with Gasteiger partial charge in [-0.1, -0.05) is 12.5 Å². The lowest BCUT2D eigenvalue weighted by molar-refractivity contribution is 0.0649. The van der Waals surface area contributed by atoms with Crippen LogP contribution in [0.2, 0.25) is 0 Å². The predicted octanol–water partition coefficient (Wildman–Crippen LogP) is 3.78. The molecule has 0 amide bonds. The zero-order valence-electron chi connectivity index (χ0n) is 16.9. The highest BCUT2D eigenvalue weighted by Crippen LogP contribution is 2.32. The molecule has 0 saturated carbocycles. The molecule has 0 radical (unpaired) electrons. The molecule has 2 aliphatic heterocycles. The van der Waals surface area contributed by atoms with Gasteiger partial charge in [-0.2, -0.15) is 10.2 Å². The van der Waals surface area contributed by atoms with E-state index in [9.17, 15) is 0 Å². The van der Waals surface area contributed by atoms with Crippen LogP contribution in [0.15, 0.2) is 30.5 Å². The fourth-order valence-electron chi connectivity index (χ4n) is 4.55. The molecule has 0 bridgehead atoms. The molecule has 29 heavy (non-hydrogen) atoms. The summed E-state index contributed by atoms with van der Waals surface area (Å²) < 4.78 is 5.46. The minimum Gasteiger partial charge on any atom is -0.491 e. The number of rotatable bonds is 6. The molecule has 2 atom stereocenters. The van der Waals surface area contributed by atoms with E-state index in [1.807, 2.05) is 12.1 Å². The van der Waals surface area contributed by atoms with Gasteiger partial charge in [0.15, 0.2) is 11.6 Å². The van der Waals surface area contributed by atoms with E-state index in [2.05, 4.69) is 31.6 Å². The lowest BCUT2D eigenvalue weighted by Gasteiger charge is -2.44. The number of benzene rings is 1. The Morgan fingerprint density at radius 1 is 1.24 bits per heavy atom. The van der Waals surface area contributed by atoms with Crippen molar-refractivity contribution in [3.63, 3.8) is 0 Å². The summed E-state index contributed by atoms with van der Waals surface area (Å²) >= 11 is 0. The average molecular weight is 393 g/mol. The first-order valence-corrected chi connectivity index (χ1v) is 10.4. The van der Waals surface area contributed by atoms with E-state index in [0.717, 1.165) is 12.2 Å². The summed E-state index contributed by atoms with van der Waals surface area (Å²) in [7, 11) is 1.64. The van der Waals surface area contributed by atoms with E-state index in [4.69, 9.17) is 10.00 Å². The third-order valence-corrected chi connectivity index (χ3v) is 5.98. The first kappa shape index (κ1) is 19.5. The fourth-order valence-corrected chi connectivity index (χ4v) is 4.55. The van der Waals surface area contributed by atoms with Gasteiger partial charge in [0.25, 0.3) is 0 Å². The second kappa shape index (κ2) is 9.10. The second-order valence-electron chi connectivity index (χ2n) is 7.81. The lowest BCUT2D eigenvalue weighted by atomic mass is 9.83. The van der Waals surface area contributed by atoms with Gasteiger partial charge in [-0.15, -0.1) is 0 Å². The van der Waals surface area contributed by atoms with E-state index < -0.39 is 0 Å². The minimum absolute atomic E-state index is 0.478. The maximum absolute atomic E-state index is 9.08. The SMILES string of the molecule is COc1cnc(Nc2cccc(C#N)c2)nc1NC[C@@H]1CCCN2CCCCC12. The van der Waals surface area contributed by atoms with Crippen LogP contribution in [0, 0.1) is 17.2 Å². The smallest absolute Gasteiger partial charge is 0.229 e. The Hall–Kier alpha value is -2.85. The van der Waals surface area contributed by atoms with Crippen molar-refractivity contribution in [3.8, 4) is 11.8 Å². The van der Waals surface area contributed by atoms with Gasteiger partial charge in [0.2, 0.25) is 5.95 Å². The quantitative estimate of drug-likeness (QED) is 0.774. The van der Waals surface area contributed by atoms with Crippen LogP contribution in [-0.2, 0) is 0 Å². The van der Waals surface area contributed by atoms with Gasteiger partial charge in [-0.3, -0.25) is 0 Å². The topological polar surface area (TPSA) is 86.1 Å². The van der Waals surface area contributed by atoms with Crippen LogP contribution in [0.4, 0.5) is 17.5 Å². The fraction of sp³-hybridized carbons (Fsp3) is 0.500. The number of piperidine rings is 2. The molecule has 1 aromatic heterocycles.